The van der Waals surface area contributed by atoms with Crippen molar-refractivity contribution in [3.63, 3.8) is 0 Å². The second kappa shape index (κ2) is 7.93. The maximum absolute atomic E-state index is 12.5. The van der Waals surface area contributed by atoms with E-state index in [0.29, 0.717) is 5.75 Å². The maximum Gasteiger partial charge on any atom is 0.233 e. The number of benzene rings is 1. The first-order valence-corrected chi connectivity index (χ1v) is 9.87. The number of nitrogens with zero attached hydrogens (tertiary/aromatic N) is 4. The lowest BCUT2D eigenvalue weighted by atomic mass is 10.2. The molecule has 0 spiro atoms. The number of aromatic nitrogens is 2. The molecular formula is C20H22N4OS. The topological polar surface area (TPSA) is 40.9 Å². The van der Waals surface area contributed by atoms with Gasteiger partial charge in [-0.05, 0) is 17.7 Å². The SMILES string of the molecule is O=C(CSc1ncc2ccccn12)N1CCN(Cc2ccccc2)CC1. The van der Waals surface area contributed by atoms with E-state index in [9.17, 15) is 4.79 Å². The third-order valence-electron chi connectivity index (χ3n) is 4.70. The number of piperazine rings is 1. The van der Waals surface area contributed by atoms with Gasteiger partial charge in [0.25, 0.3) is 0 Å². The van der Waals surface area contributed by atoms with Crippen LogP contribution in [-0.4, -0.2) is 57.0 Å². The molecule has 0 radical (unpaired) electrons. The average molecular weight is 366 g/mol. The zero-order valence-corrected chi connectivity index (χ0v) is 15.4. The Balaban J connectivity index is 1.27. The van der Waals surface area contributed by atoms with Crippen molar-refractivity contribution in [3.05, 3.63) is 66.5 Å². The van der Waals surface area contributed by atoms with Crippen LogP contribution in [0.25, 0.3) is 5.52 Å². The highest BCUT2D eigenvalue weighted by molar-refractivity contribution is 7.99. The molecule has 3 heterocycles. The molecule has 1 aliphatic rings. The fourth-order valence-corrected chi connectivity index (χ4v) is 4.11. The Labute approximate surface area is 157 Å². The van der Waals surface area contributed by atoms with E-state index in [1.807, 2.05) is 46.0 Å². The number of pyridine rings is 1. The number of thioether (sulfide) groups is 1. The fraction of sp³-hybridized carbons (Fsp3) is 0.300. The van der Waals surface area contributed by atoms with Gasteiger partial charge in [0.15, 0.2) is 5.16 Å². The lowest BCUT2D eigenvalue weighted by Crippen LogP contribution is -2.48. The van der Waals surface area contributed by atoms with E-state index in [0.717, 1.165) is 43.4 Å². The Bertz CT molecular complexity index is 872. The summed E-state index contributed by atoms with van der Waals surface area (Å²) in [5.41, 5.74) is 2.38. The van der Waals surface area contributed by atoms with E-state index < -0.39 is 0 Å². The predicted octanol–water partition coefficient (Wildman–Crippen LogP) is 2.77. The van der Waals surface area contributed by atoms with Crippen LogP contribution in [0.4, 0.5) is 0 Å². The molecule has 0 saturated carbocycles. The van der Waals surface area contributed by atoms with Crippen molar-refractivity contribution in [2.45, 2.75) is 11.7 Å². The zero-order valence-electron chi connectivity index (χ0n) is 14.6. The van der Waals surface area contributed by atoms with E-state index in [1.165, 1.54) is 17.3 Å². The summed E-state index contributed by atoms with van der Waals surface area (Å²) in [7, 11) is 0. The first-order chi connectivity index (χ1) is 12.8. The number of carbonyl (C=O) groups is 1. The number of amides is 1. The molecule has 1 aliphatic heterocycles. The van der Waals surface area contributed by atoms with E-state index >= 15 is 0 Å². The standard InChI is InChI=1S/C20H22N4OS/c25-19(16-26-20-21-14-18-8-4-5-9-24(18)20)23-12-10-22(11-13-23)15-17-6-2-1-3-7-17/h1-9,14H,10-13,15-16H2. The van der Waals surface area contributed by atoms with Gasteiger partial charge < -0.3 is 4.90 Å². The van der Waals surface area contributed by atoms with Crippen molar-refractivity contribution in [2.75, 3.05) is 31.9 Å². The highest BCUT2D eigenvalue weighted by atomic mass is 32.2. The van der Waals surface area contributed by atoms with Gasteiger partial charge in [0.2, 0.25) is 5.91 Å². The largest absolute Gasteiger partial charge is 0.339 e. The van der Waals surface area contributed by atoms with Gasteiger partial charge in [-0.25, -0.2) is 4.98 Å². The normalized spacial score (nSPS) is 15.5. The van der Waals surface area contributed by atoms with Gasteiger partial charge in [-0.15, -0.1) is 0 Å². The molecule has 1 aromatic carbocycles. The smallest absolute Gasteiger partial charge is 0.233 e. The first kappa shape index (κ1) is 17.1. The molecule has 3 aromatic rings. The van der Waals surface area contributed by atoms with Gasteiger partial charge in [-0.1, -0.05) is 48.2 Å². The average Bonchev–Trinajstić information content (AvgIpc) is 3.11. The highest BCUT2D eigenvalue weighted by Crippen LogP contribution is 2.19. The lowest BCUT2D eigenvalue weighted by Gasteiger charge is -2.34. The van der Waals surface area contributed by atoms with E-state index in [4.69, 9.17) is 0 Å². The zero-order chi connectivity index (χ0) is 17.8. The number of fused-ring (bicyclic) bond motifs is 1. The molecule has 2 aromatic heterocycles. The van der Waals surface area contributed by atoms with Gasteiger partial charge in [-0.3, -0.25) is 14.1 Å². The maximum atomic E-state index is 12.5. The molecular weight excluding hydrogens is 344 g/mol. The molecule has 134 valence electrons. The molecule has 4 rings (SSSR count). The quantitative estimate of drug-likeness (QED) is 0.651. The molecule has 0 atom stereocenters. The van der Waals surface area contributed by atoms with Crippen LogP contribution in [0, 0.1) is 0 Å². The number of hydrogen-bond donors (Lipinski definition) is 0. The first-order valence-electron chi connectivity index (χ1n) is 8.88. The van der Waals surface area contributed by atoms with Gasteiger partial charge in [-0.2, -0.15) is 0 Å². The lowest BCUT2D eigenvalue weighted by molar-refractivity contribution is -0.130. The molecule has 0 N–H and O–H groups in total. The molecule has 5 nitrogen and oxygen atoms in total. The van der Waals surface area contributed by atoms with Crippen LogP contribution < -0.4 is 0 Å². The van der Waals surface area contributed by atoms with E-state index in [-0.39, 0.29) is 5.91 Å². The van der Waals surface area contributed by atoms with Crippen molar-refractivity contribution < 1.29 is 4.79 Å². The van der Waals surface area contributed by atoms with Crippen molar-refractivity contribution in [2.24, 2.45) is 0 Å². The second-order valence-corrected chi connectivity index (χ2v) is 7.41. The van der Waals surface area contributed by atoms with Crippen molar-refractivity contribution in [1.29, 1.82) is 0 Å². The summed E-state index contributed by atoms with van der Waals surface area (Å²) in [6, 6.07) is 16.5. The summed E-state index contributed by atoms with van der Waals surface area (Å²) >= 11 is 1.51. The Morgan fingerprint density at radius 2 is 1.77 bits per heavy atom. The second-order valence-electron chi connectivity index (χ2n) is 6.47. The summed E-state index contributed by atoms with van der Waals surface area (Å²) in [5.74, 6) is 0.634. The van der Waals surface area contributed by atoms with Crippen molar-refractivity contribution in [1.82, 2.24) is 19.2 Å². The predicted molar refractivity (Wildman–Crippen MR) is 104 cm³/mol. The fourth-order valence-electron chi connectivity index (χ4n) is 3.24. The Morgan fingerprint density at radius 1 is 1.00 bits per heavy atom. The van der Waals surface area contributed by atoms with Crippen LogP contribution in [0.1, 0.15) is 5.56 Å². The summed E-state index contributed by atoms with van der Waals surface area (Å²) in [6.45, 7) is 4.41. The molecule has 6 heteroatoms. The van der Waals surface area contributed by atoms with Crippen LogP contribution in [-0.2, 0) is 11.3 Å². The minimum Gasteiger partial charge on any atom is -0.339 e. The van der Waals surface area contributed by atoms with Gasteiger partial charge >= 0.3 is 0 Å². The molecule has 26 heavy (non-hydrogen) atoms. The minimum absolute atomic E-state index is 0.196. The van der Waals surface area contributed by atoms with Crippen LogP contribution in [0.2, 0.25) is 0 Å². The molecule has 0 aliphatic carbocycles. The van der Waals surface area contributed by atoms with Gasteiger partial charge in [0.05, 0.1) is 17.5 Å². The van der Waals surface area contributed by atoms with Gasteiger partial charge in [0, 0.05) is 38.9 Å². The third kappa shape index (κ3) is 3.92. The highest BCUT2D eigenvalue weighted by Gasteiger charge is 2.21. The monoisotopic (exact) mass is 366 g/mol. The van der Waals surface area contributed by atoms with E-state index in [2.05, 4.69) is 34.1 Å². The summed E-state index contributed by atoms with van der Waals surface area (Å²) < 4.78 is 2.02. The number of imidazole rings is 1. The molecule has 1 amide bonds. The van der Waals surface area contributed by atoms with Crippen molar-refractivity contribution >= 4 is 23.2 Å². The molecule has 1 saturated heterocycles. The third-order valence-corrected chi connectivity index (χ3v) is 5.66. The van der Waals surface area contributed by atoms with Crippen LogP contribution in [0.3, 0.4) is 0 Å². The Hall–Kier alpha value is -2.31. The molecule has 0 unspecified atom stereocenters. The minimum atomic E-state index is 0.196. The summed E-state index contributed by atoms with van der Waals surface area (Å²) in [6.07, 6.45) is 3.83. The van der Waals surface area contributed by atoms with Crippen LogP contribution in [0.15, 0.2) is 66.1 Å². The van der Waals surface area contributed by atoms with Gasteiger partial charge in [0.1, 0.15) is 0 Å². The molecule has 1 fully saturated rings. The number of rotatable bonds is 5. The van der Waals surface area contributed by atoms with Crippen LogP contribution >= 0.6 is 11.8 Å². The Morgan fingerprint density at radius 3 is 2.58 bits per heavy atom. The Kier molecular flexibility index (Phi) is 5.22. The number of hydrogen-bond acceptors (Lipinski definition) is 4. The summed E-state index contributed by atoms with van der Waals surface area (Å²) in [4.78, 5) is 21.3. The van der Waals surface area contributed by atoms with Crippen molar-refractivity contribution in [3.8, 4) is 0 Å². The number of carbonyl (C=O) groups excluding carboxylic acids is 1. The van der Waals surface area contributed by atoms with E-state index in [1.54, 1.807) is 0 Å². The molecule has 0 bridgehead atoms. The van der Waals surface area contributed by atoms with Crippen LogP contribution in [0.5, 0.6) is 0 Å². The summed E-state index contributed by atoms with van der Waals surface area (Å²) in [5, 5.41) is 0.872.